The van der Waals surface area contributed by atoms with E-state index in [1.54, 1.807) is 60.4 Å². The van der Waals surface area contributed by atoms with Crippen LogP contribution in [0.5, 0.6) is 5.75 Å². The van der Waals surface area contributed by atoms with Crippen LogP contribution in [0.4, 0.5) is 10.2 Å². The molecule has 2 aromatic carbocycles. The highest BCUT2D eigenvalue weighted by atomic mass is 19.1. The van der Waals surface area contributed by atoms with Crippen molar-refractivity contribution in [2.45, 2.75) is 13.0 Å². The Bertz CT molecular complexity index is 1200. The van der Waals surface area contributed by atoms with Crippen LogP contribution in [0.15, 0.2) is 60.9 Å². The fourth-order valence-corrected chi connectivity index (χ4v) is 3.06. The van der Waals surface area contributed by atoms with Crippen LogP contribution < -0.4 is 10.5 Å². The van der Waals surface area contributed by atoms with Crippen LogP contribution in [-0.2, 0) is 0 Å². The second kappa shape index (κ2) is 7.00. The van der Waals surface area contributed by atoms with Crippen LogP contribution in [0, 0.1) is 17.1 Å². The number of rotatable bonds is 4. The van der Waals surface area contributed by atoms with Crippen LogP contribution in [0.3, 0.4) is 0 Å². The maximum atomic E-state index is 13.9. The summed E-state index contributed by atoms with van der Waals surface area (Å²) in [4.78, 5) is 4.34. The number of ether oxygens (including phenoxy) is 1. The summed E-state index contributed by atoms with van der Waals surface area (Å²) in [5.41, 5.74) is 8.56. The molecule has 0 amide bonds. The zero-order valence-corrected chi connectivity index (χ0v) is 15.0. The van der Waals surface area contributed by atoms with E-state index >= 15 is 0 Å². The molecule has 4 aromatic rings. The molecule has 0 spiro atoms. The van der Waals surface area contributed by atoms with Gasteiger partial charge in [0.2, 0.25) is 0 Å². The molecule has 6 nitrogen and oxygen atoms in total. The van der Waals surface area contributed by atoms with Crippen molar-refractivity contribution in [2.75, 3.05) is 5.73 Å². The predicted molar refractivity (Wildman–Crippen MR) is 103 cm³/mol. The van der Waals surface area contributed by atoms with Crippen molar-refractivity contribution < 1.29 is 9.13 Å². The average molecular weight is 373 g/mol. The van der Waals surface area contributed by atoms with Gasteiger partial charge in [-0.05, 0) is 55.5 Å². The lowest BCUT2D eigenvalue weighted by Crippen LogP contribution is -2.10. The fourth-order valence-electron chi connectivity index (χ4n) is 3.06. The quantitative estimate of drug-likeness (QED) is 0.580. The lowest BCUT2D eigenvalue weighted by molar-refractivity contribution is 0.227. The molecule has 0 saturated heterocycles. The van der Waals surface area contributed by atoms with Gasteiger partial charge >= 0.3 is 0 Å². The van der Waals surface area contributed by atoms with Crippen LogP contribution in [0.1, 0.15) is 24.2 Å². The van der Waals surface area contributed by atoms with Crippen molar-refractivity contribution in [2.24, 2.45) is 0 Å². The summed E-state index contributed by atoms with van der Waals surface area (Å²) in [7, 11) is 0. The number of pyridine rings is 1. The number of nitrogen functional groups attached to an aromatic ring is 1. The molecule has 0 bridgehead atoms. The van der Waals surface area contributed by atoms with Crippen LogP contribution in [0.25, 0.3) is 16.6 Å². The van der Waals surface area contributed by atoms with Gasteiger partial charge in [0, 0.05) is 23.3 Å². The van der Waals surface area contributed by atoms with Gasteiger partial charge in [-0.15, -0.1) is 0 Å². The maximum Gasteiger partial charge on any atom is 0.166 e. The van der Waals surface area contributed by atoms with Gasteiger partial charge in [-0.25, -0.2) is 14.1 Å². The van der Waals surface area contributed by atoms with Crippen LogP contribution in [0.2, 0.25) is 0 Å². The zero-order valence-electron chi connectivity index (χ0n) is 15.0. The molecule has 0 saturated carbocycles. The molecule has 28 heavy (non-hydrogen) atoms. The highest BCUT2D eigenvalue weighted by Gasteiger charge is 2.17. The first-order valence-corrected chi connectivity index (χ1v) is 8.61. The second-order valence-electron chi connectivity index (χ2n) is 6.30. The summed E-state index contributed by atoms with van der Waals surface area (Å²) in [5.74, 6) is 0.219. The Balaban J connectivity index is 1.73. The standard InChI is InChI=1S/C21H16FN5O/c1-13(17-11-16(22)4-6-19(17)27-8-2-7-25-27)28-20-10-15-9-14(12-23)3-5-18(15)26-21(20)24/h2-11,13H,1H3,(H2,24,26)/t13-/m0/s1. The van der Waals surface area contributed by atoms with Crippen molar-refractivity contribution >= 4 is 16.7 Å². The molecule has 2 N–H and O–H groups in total. The largest absolute Gasteiger partial charge is 0.482 e. The summed E-state index contributed by atoms with van der Waals surface area (Å²) in [6.07, 6.45) is 2.91. The lowest BCUT2D eigenvalue weighted by atomic mass is 10.1. The summed E-state index contributed by atoms with van der Waals surface area (Å²) < 4.78 is 21.6. The van der Waals surface area contributed by atoms with E-state index in [1.165, 1.54) is 12.1 Å². The van der Waals surface area contributed by atoms with Crippen molar-refractivity contribution in [1.29, 1.82) is 5.26 Å². The molecule has 7 heteroatoms. The number of halogens is 1. The van der Waals surface area contributed by atoms with Gasteiger partial charge in [0.15, 0.2) is 11.6 Å². The lowest BCUT2D eigenvalue weighted by Gasteiger charge is -2.19. The third-order valence-electron chi connectivity index (χ3n) is 4.42. The van der Waals surface area contributed by atoms with Gasteiger partial charge in [-0.2, -0.15) is 10.4 Å². The summed E-state index contributed by atoms with van der Waals surface area (Å²) in [6, 6.07) is 15.2. The number of nitrogens with zero attached hydrogens (tertiary/aromatic N) is 4. The Morgan fingerprint density at radius 2 is 2.07 bits per heavy atom. The first kappa shape index (κ1) is 17.5. The SMILES string of the molecule is C[C@H](Oc1cc2cc(C#N)ccc2nc1N)c1cc(F)ccc1-n1cccn1. The van der Waals surface area contributed by atoms with E-state index in [4.69, 9.17) is 15.7 Å². The van der Waals surface area contributed by atoms with Crippen LogP contribution >= 0.6 is 0 Å². The van der Waals surface area contributed by atoms with Crippen LogP contribution in [-0.4, -0.2) is 14.8 Å². The van der Waals surface area contributed by atoms with Gasteiger partial charge in [0.1, 0.15) is 11.9 Å². The Hall–Kier alpha value is -3.92. The number of hydrogen-bond donors (Lipinski definition) is 1. The van der Waals surface area contributed by atoms with Crippen molar-refractivity contribution in [3.05, 3.63) is 77.9 Å². The number of fused-ring (bicyclic) bond motifs is 1. The molecular weight excluding hydrogens is 357 g/mol. The van der Waals surface area contributed by atoms with Gasteiger partial charge < -0.3 is 10.5 Å². The maximum absolute atomic E-state index is 13.9. The second-order valence-corrected chi connectivity index (χ2v) is 6.30. The third kappa shape index (κ3) is 3.23. The van der Waals surface area contributed by atoms with Gasteiger partial charge in [0.25, 0.3) is 0 Å². The molecule has 0 fully saturated rings. The van der Waals surface area contributed by atoms with E-state index in [0.29, 0.717) is 28.1 Å². The molecule has 0 radical (unpaired) electrons. The third-order valence-corrected chi connectivity index (χ3v) is 4.42. The summed E-state index contributed by atoms with van der Waals surface area (Å²) in [5, 5.41) is 14.0. The normalized spacial score (nSPS) is 11.9. The zero-order chi connectivity index (χ0) is 19.7. The summed E-state index contributed by atoms with van der Waals surface area (Å²) in [6.45, 7) is 1.80. The molecule has 138 valence electrons. The minimum absolute atomic E-state index is 0.223. The van der Waals surface area contributed by atoms with Gasteiger partial charge in [-0.3, -0.25) is 0 Å². The Kier molecular flexibility index (Phi) is 4.38. The van der Waals surface area contributed by atoms with E-state index in [-0.39, 0.29) is 11.6 Å². The Morgan fingerprint density at radius 3 is 2.82 bits per heavy atom. The van der Waals surface area contributed by atoms with Gasteiger partial charge in [0.05, 0.1) is 22.8 Å². The first-order chi connectivity index (χ1) is 13.5. The molecule has 1 atom stereocenters. The van der Waals surface area contributed by atoms with E-state index < -0.39 is 6.10 Å². The smallest absolute Gasteiger partial charge is 0.166 e. The number of hydrogen-bond acceptors (Lipinski definition) is 5. The topological polar surface area (TPSA) is 89.7 Å². The number of aromatic nitrogens is 3. The molecule has 2 heterocycles. The average Bonchev–Trinajstić information content (AvgIpc) is 3.22. The Labute approximate surface area is 160 Å². The van der Waals surface area contributed by atoms with Crippen molar-refractivity contribution in [3.8, 4) is 17.5 Å². The molecule has 4 rings (SSSR count). The number of nitrogens with two attached hydrogens (primary N) is 1. The highest BCUT2D eigenvalue weighted by molar-refractivity contribution is 5.83. The minimum atomic E-state index is -0.518. The summed E-state index contributed by atoms with van der Waals surface area (Å²) >= 11 is 0. The predicted octanol–water partition coefficient (Wildman–Crippen LogP) is 4.15. The molecule has 0 aliphatic heterocycles. The molecule has 0 aliphatic carbocycles. The highest BCUT2D eigenvalue weighted by Crippen LogP contribution is 2.32. The molecule has 0 aliphatic rings. The van der Waals surface area contributed by atoms with E-state index in [0.717, 1.165) is 5.39 Å². The molecule has 0 unspecified atom stereocenters. The fraction of sp³-hybridized carbons (Fsp3) is 0.0952. The number of nitriles is 1. The first-order valence-electron chi connectivity index (χ1n) is 8.61. The number of benzene rings is 2. The van der Waals surface area contributed by atoms with E-state index in [2.05, 4.69) is 16.2 Å². The minimum Gasteiger partial charge on any atom is -0.482 e. The van der Waals surface area contributed by atoms with Crippen molar-refractivity contribution in [3.63, 3.8) is 0 Å². The monoisotopic (exact) mass is 373 g/mol. The van der Waals surface area contributed by atoms with E-state index in [1.807, 2.05) is 0 Å². The van der Waals surface area contributed by atoms with E-state index in [9.17, 15) is 4.39 Å². The Morgan fingerprint density at radius 1 is 1.21 bits per heavy atom. The van der Waals surface area contributed by atoms with Crippen molar-refractivity contribution in [1.82, 2.24) is 14.8 Å². The van der Waals surface area contributed by atoms with Gasteiger partial charge in [-0.1, -0.05) is 0 Å². The molecular formula is C21H16FN5O. The number of anilines is 1. The molecule has 2 aromatic heterocycles.